The van der Waals surface area contributed by atoms with Gasteiger partial charge < -0.3 is 0 Å². The summed E-state index contributed by atoms with van der Waals surface area (Å²) in [7, 11) is 0. The van der Waals surface area contributed by atoms with E-state index >= 15 is 0 Å². The second-order valence-corrected chi connectivity index (χ2v) is 2.67. The van der Waals surface area contributed by atoms with Gasteiger partial charge in [-0.3, -0.25) is 10.2 Å². The minimum absolute atomic E-state index is 0.00579. The molecule has 0 spiro atoms. The molecule has 0 aromatic rings. The first-order valence-corrected chi connectivity index (χ1v) is 3.26. The molecule has 1 amide bonds. The Labute approximate surface area is 54.6 Å². The summed E-state index contributed by atoms with van der Waals surface area (Å²) in [6.45, 7) is 2.07. The largest absolute Gasteiger partial charge is 0.294 e. The molecule has 0 saturated heterocycles. The number of amides is 1. The number of carbonyl (C=O) groups is 1. The van der Waals surface area contributed by atoms with E-state index in [0.29, 0.717) is 5.92 Å². The van der Waals surface area contributed by atoms with Crippen molar-refractivity contribution in [1.29, 1.82) is 0 Å². The van der Waals surface area contributed by atoms with Gasteiger partial charge in [0, 0.05) is 5.92 Å². The summed E-state index contributed by atoms with van der Waals surface area (Å²) in [6.07, 6.45) is 2.17. The molecule has 0 aromatic heterocycles. The molecule has 0 aliphatic heterocycles. The first kappa shape index (κ1) is 6.55. The second-order valence-electron chi connectivity index (χ2n) is 2.67. The van der Waals surface area contributed by atoms with Crippen LogP contribution >= 0.6 is 0 Å². The molecule has 3 N–H and O–H groups in total. The summed E-state index contributed by atoms with van der Waals surface area (Å²) in [5.41, 5.74) is 2.16. The van der Waals surface area contributed by atoms with Gasteiger partial charge in [0.05, 0.1) is 0 Å². The van der Waals surface area contributed by atoms with Crippen LogP contribution < -0.4 is 11.3 Å². The highest BCUT2D eigenvalue weighted by Gasteiger charge is 2.32. The Morgan fingerprint density at radius 1 is 1.67 bits per heavy atom. The van der Waals surface area contributed by atoms with Crippen molar-refractivity contribution < 1.29 is 4.79 Å². The zero-order valence-corrected chi connectivity index (χ0v) is 5.55. The van der Waals surface area contributed by atoms with Gasteiger partial charge >= 0.3 is 0 Å². The normalized spacial score (nSPS) is 33.1. The van der Waals surface area contributed by atoms with Crippen molar-refractivity contribution in [2.75, 3.05) is 0 Å². The molecule has 0 aromatic carbocycles. The van der Waals surface area contributed by atoms with E-state index in [4.69, 9.17) is 5.84 Å². The Morgan fingerprint density at radius 3 is 2.44 bits per heavy atom. The van der Waals surface area contributed by atoms with E-state index in [1.165, 1.54) is 0 Å². The third kappa shape index (κ3) is 1.05. The second kappa shape index (κ2) is 2.35. The number of hydrazine groups is 1. The van der Waals surface area contributed by atoms with Crippen molar-refractivity contribution in [1.82, 2.24) is 5.43 Å². The Morgan fingerprint density at radius 2 is 2.33 bits per heavy atom. The SMILES string of the molecule is C[C@@H]1CC[C@H]1C(=O)NN. The fraction of sp³-hybridized carbons (Fsp3) is 0.833. The number of nitrogens with one attached hydrogen (secondary N) is 1. The molecule has 2 atom stereocenters. The fourth-order valence-electron chi connectivity index (χ4n) is 1.16. The topological polar surface area (TPSA) is 55.1 Å². The number of nitrogens with two attached hydrogens (primary N) is 1. The minimum Gasteiger partial charge on any atom is -0.294 e. The van der Waals surface area contributed by atoms with Gasteiger partial charge in [0.25, 0.3) is 0 Å². The summed E-state index contributed by atoms with van der Waals surface area (Å²) >= 11 is 0. The molecule has 9 heavy (non-hydrogen) atoms. The maximum absolute atomic E-state index is 10.8. The van der Waals surface area contributed by atoms with Gasteiger partial charge in [-0.2, -0.15) is 0 Å². The van der Waals surface area contributed by atoms with Crippen LogP contribution in [0, 0.1) is 11.8 Å². The van der Waals surface area contributed by atoms with Gasteiger partial charge in [-0.15, -0.1) is 0 Å². The molecule has 0 radical (unpaired) electrons. The van der Waals surface area contributed by atoms with Gasteiger partial charge in [-0.05, 0) is 18.8 Å². The average molecular weight is 128 g/mol. The Bertz CT molecular complexity index is 124. The average Bonchev–Trinajstić information content (AvgIpc) is 1.84. The number of carbonyl (C=O) groups excluding carboxylic acids is 1. The van der Waals surface area contributed by atoms with Crippen molar-refractivity contribution >= 4 is 5.91 Å². The summed E-state index contributed by atoms with van der Waals surface area (Å²) in [5.74, 6) is 5.66. The van der Waals surface area contributed by atoms with Crippen LogP contribution in [-0.2, 0) is 4.79 Å². The highest BCUT2D eigenvalue weighted by molar-refractivity contribution is 5.79. The van der Waals surface area contributed by atoms with Crippen molar-refractivity contribution in [2.45, 2.75) is 19.8 Å². The molecule has 3 nitrogen and oxygen atoms in total. The van der Waals surface area contributed by atoms with E-state index in [1.807, 2.05) is 0 Å². The maximum Gasteiger partial charge on any atom is 0.237 e. The van der Waals surface area contributed by atoms with Crippen LogP contribution in [0.1, 0.15) is 19.8 Å². The van der Waals surface area contributed by atoms with E-state index in [-0.39, 0.29) is 11.8 Å². The predicted octanol–water partition coefficient (Wildman–Crippen LogP) is 0.0224. The van der Waals surface area contributed by atoms with Gasteiger partial charge in [0.1, 0.15) is 0 Å². The molecule has 1 saturated carbocycles. The van der Waals surface area contributed by atoms with Crippen LogP contribution in [0.5, 0.6) is 0 Å². The van der Waals surface area contributed by atoms with E-state index < -0.39 is 0 Å². The molecular formula is C6H12N2O. The van der Waals surface area contributed by atoms with Crippen molar-refractivity contribution in [2.24, 2.45) is 17.7 Å². The Kier molecular flexibility index (Phi) is 1.71. The molecule has 1 aliphatic carbocycles. The molecular weight excluding hydrogens is 116 g/mol. The molecule has 52 valence electrons. The quantitative estimate of drug-likeness (QED) is 0.297. The van der Waals surface area contributed by atoms with E-state index in [9.17, 15) is 4.79 Å². The highest BCUT2D eigenvalue weighted by Crippen LogP contribution is 2.33. The monoisotopic (exact) mass is 128 g/mol. The Hall–Kier alpha value is -0.570. The summed E-state index contributed by atoms with van der Waals surface area (Å²) in [5, 5.41) is 0. The third-order valence-corrected chi connectivity index (χ3v) is 2.10. The molecule has 0 heterocycles. The Balaban J connectivity index is 2.35. The highest BCUT2D eigenvalue weighted by atomic mass is 16.2. The molecule has 0 bridgehead atoms. The molecule has 1 rings (SSSR count). The van der Waals surface area contributed by atoms with Crippen LogP contribution in [0.2, 0.25) is 0 Å². The van der Waals surface area contributed by atoms with Crippen LogP contribution in [0.25, 0.3) is 0 Å². The van der Waals surface area contributed by atoms with E-state index in [2.05, 4.69) is 12.3 Å². The van der Waals surface area contributed by atoms with Crippen molar-refractivity contribution in [3.8, 4) is 0 Å². The molecule has 0 unspecified atom stereocenters. The lowest BCUT2D eigenvalue weighted by Crippen LogP contribution is -2.42. The van der Waals surface area contributed by atoms with Crippen LogP contribution in [0.15, 0.2) is 0 Å². The van der Waals surface area contributed by atoms with Crippen molar-refractivity contribution in [3.05, 3.63) is 0 Å². The number of hydrogen-bond donors (Lipinski definition) is 2. The lowest BCUT2D eigenvalue weighted by atomic mass is 9.74. The first-order chi connectivity index (χ1) is 4.25. The van der Waals surface area contributed by atoms with Crippen LogP contribution in [0.3, 0.4) is 0 Å². The van der Waals surface area contributed by atoms with E-state index in [0.717, 1.165) is 12.8 Å². The molecule has 1 aliphatic rings. The first-order valence-electron chi connectivity index (χ1n) is 3.26. The van der Waals surface area contributed by atoms with Gasteiger partial charge in [0.2, 0.25) is 5.91 Å². The zero-order chi connectivity index (χ0) is 6.85. The predicted molar refractivity (Wildman–Crippen MR) is 34.2 cm³/mol. The number of rotatable bonds is 1. The van der Waals surface area contributed by atoms with Gasteiger partial charge in [0.15, 0.2) is 0 Å². The maximum atomic E-state index is 10.8. The summed E-state index contributed by atoms with van der Waals surface area (Å²) in [6, 6.07) is 0. The summed E-state index contributed by atoms with van der Waals surface area (Å²) < 4.78 is 0. The third-order valence-electron chi connectivity index (χ3n) is 2.10. The summed E-state index contributed by atoms with van der Waals surface area (Å²) in [4.78, 5) is 10.8. The lowest BCUT2D eigenvalue weighted by molar-refractivity contribution is -0.129. The standard InChI is InChI=1S/C6H12N2O/c1-4-2-3-5(4)6(9)8-7/h4-5H,2-3,7H2,1H3,(H,8,9)/t4-,5-/m1/s1. The minimum atomic E-state index is -0.00579. The van der Waals surface area contributed by atoms with E-state index in [1.54, 1.807) is 0 Å². The molecule has 3 heteroatoms. The smallest absolute Gasteiger partial charge is 0.237 e. The zero-order valence-electron chi connectivity index (χ0n) is 5.55. The number of hydrogen-bond acceptors (Lipinski definition) is 2. The fourth-order valence-corrected chi connectivity index (χ4v) is 1.16. The van der Waals surface area contributed by atoms with Gasteiger partial charge in [-0.1, -0.05) is 6.92 Å². The van der Waals surface area contributed by atoms with Gasteiger partial charge in [-0.25, -0.2) is 5.84 Å². The van der Waals surface area contributed by atoms with Crippen molar-refractivity contribution in [3.63, 3.8) is 0 Å². The lowest BCUT2D eigenvalue weighted by Gasteiger charge is -2.31. The van der Waals surface area contributed by atoms with Crippen LogP contribution in [0.4, 0.5) is 0 Å². The molecule has 1 fully saturated rings. The van der Waals surface area contributed by atoms with Crippen LogP contribution in [-0.4, -0.2) is 5.91 Å².